The molecule has 148 valence electrons. The Morgan fingerprint density at radius 2 is 1.15 bits per heavy atom. The van der Waals surface area contributed by atoms with E-state index < -0.39 is 0 Å². The summed E-state index contributed by atoms with van der Waals surface area (Å²) in [5.74, 6) is -1.01. The van der Waals surface area contributed by atoms with Gasteiger partial charge in [0.1, 0.15) is 0 Å². The molecule has 0 fully saturated rings. The van der Waals surface area contributed by atoms with Gasteiger partial charge < -0.3 is 0 Å². The van der Waals surface area contributed by atoms with E-state index in [-0.39, 0.29) is 29.6 Å². The highest BCUT2D eigenvalue weighted by molar-refractivity contribution is 6.04. The molecule has 5 nitrogen and oxygen atoms in total. The van der Waals surface area contributed by atoms with E-state index in [0.29, 0.717) is 25.7 Å². The first-order valence-corrected chi connectivity index (χ1v) is 9.84. The molecule has 3 N–H and O–H groups in total. The largest absolute Gasteiger partial charge is 0.296 e. The smallest absolute Gasteiger partial charge is 0.230 e. The molecule has 0 aliphatic carbocycles. The lowest BCUT2D eigenvalue weighted by Crippen LogP contribution is -2.47. The van der Waals surface area contributed by atoms with Gasteiger partial charge in [0.2, 0.25) is 17.8 Å². The van der Waals surface area contributed by atoms with E-state index in [0.717, 1.165) is 12.8 Å². The maximum Gasteiger partial charge on any atom is 0.230 e. The van der Waals surface area contributed by atoms with E-state index in [9.17, 15) is 9.59 Å². The van der Waals surface area contributed by atoms with E-state index >= 15 is 0 Å². The zero-order valence-corrected chi connectivity index (χ0v) is 17.4. The lowest BCUT2D eigenvalue weighted by molar-refractivity contribution is -0.124. The molecule has 2 atom stereocenters. The second-order valence-electron chi connectivity index (χ2n) is 6.57. The van der Waals surface area contributed by atoms with Gasteiger partial charge in [-0.2, -0.15) is 0 Å². The Morgan fingerprint density at radius 1 is 0.808 bits per heavy atom. The van der Waals surface area contributed by atoms with Crippen LogP contribution in [0.25, 0.3) is 0 Å². The van der Waals surface area contributed by atoms with Crippen LogP contribution in [0.5, 0.6) is 0 Å². The van der Waals surface area contributed by atoms with Crippen LogP contribution in [0, 0.1) is 17.2 Å². The van der Waals surface area contributed by atoms with E-state index in [1.165, 1.54) is 11.1 Å². The van der Waals surface area contributed by atoms with E-state index in [4.69, 9.17) is 5.41 Å². The lowest BCUT2D eigenvalue weighted by atomic mass is 9.94. The Balaban J connectivity index is 4.74. The molecule has 0 saturated heterocycles. The number of carbonyl (C=O) groups excluding carboxylic acids is 2. The van der Waals surface area contributed by atoms with Crippen molar-refractivity contribution in [2.24, 2.45) is 11.8 Å². The van der Waals surface area contributed by atoms with Gasteiger partial charge in [0.25, 0.3) is 0 Å². The fourth-order valence-corrected chi connectivity index (χ4v) is 2.89. The average Bonchev–Trinajstić information content (AvgIpc) is 2.63. The van der Waals surface area contributed by atoms with E-state index in [2.05, 4.69) is 24.5 Å². The molecule has 0 rings (SSSR count). The molecular formula is C21H37N3O2. The Kier molecular flexibility index (Phi) is 12.3. The van der Waals surface area contributed by atoms with Crippen LogP contribution >= 0.6 is 0 Å². The highest BCUT2D eigenvalue weighted by Gasteiger charge is 2.22. The van der Waals surface area contributed by atoms with Crippen LogP contribution in [-0.2, 0) is 9.59 Å². The maximum atomic E-state index is 12.4. The molecule has 0 aliphatic rings. The van der Waals surface area contributed by atoms with Crippen LogP contribution < -0.4 is 10.6 Å². The van der Waals surface area contributed by atoms with Gasteiger partial charge in [-0.15, -0.1) is 0 Å². The number of hydrogen-bond acceptors (Lipinski definition) is 3. The Labute approximate surface area is 159 Å². The van der Waals surface area contributed by atoms with Crippen molar-refractivity contribution >= 4 is 17.8 Å². The third-order valence-electron chi connectivity index (χ3n) is 4.97. The molecule has 26 heavy (non-hydrogen) atoms. The second kappa shape index (κ2) is 13.3. The summed E-state index contributed by atoms with van der Waals surface area (Å²) >= 11 is 0. The maximum absolute atomic E-state index is 12.4. The van der Waals surface area contributed by atoms with Crippen LogP contribution in [0.4, 0.5) is 0 Å². The summed E-state index contributed by atoms with van der Waals surface area (Å²) in [6, 6.07) is 0. The molecule has 0 bridgehead atoms. The molecule has 0 aliphatic heterocycles. The van der Waals surface area contributed by atoms with Crippen LogP contribution in [0.2, 0.25) is 0 Å². The molecule has 0 radical (unpaired) electrons. The third-order valence-corrected chi connectivity index (χ3v) is 4.97. The van der Waals surface area contributed by atoms with Crippen molar-refractivity contribution in [1.82, 2.24) is 10.6 Å². The predicted octanol–water partition coefficient (Wildman–Crippen LogP) is 4.70. The number of carbonyl (C=O) groups is 2. The Bertz CT molecular complexity index is 489. The molecule has 0 saturated carbocycles. The van der Waals surface area contributed by atoms with Crippen molar-refractivity contribution in [2.75, 3.05) is 0 Å². The molecular weight excluding hydrogens is 326 g/mol. The topological polar surface area (TPSA) is 82.1 Å². The minimum Gasteiger partial charge on any atom is -0.296 e. The molecule has 5 heteroatoms. The molecule has 2 unspecified atom stereocenters. The summed E-state index contributed by atoms with van der Waals surface area (Å²) in [6.45, 7) is 12.0. The summed E-state index contributed by atoms with van der Waals surface area (Å²) in [5, 5.41) is 13.0. The number of allylic oxidation sites excluding steroid dienone is 4. The fourth-order valence-electron chi connectivity index (χ4n) is 2.89. The first-order chi connectivity index (χ1) is 12.4. The van der Waals surface area contributed by atoms with Crippen LogP contribution in [0.1, 0.15) is 80.1 Å². The minimum absolute atomic E-state index is 0.185. The van der Waals surface area contributed by atoms with Crippen molar-refractivity contribution in [1.29, 1.82) is 5.41 Å². The molecule has 2 amide bonds. The highest BCUT2D eigenvalue weighted by Crippen LogP contribution is 2.19. The fraction of sp³-hybridized carbons (Fsp3) is 0.667. The average molecular weight is 364 g/mol. The minimum atomic E-state index is -0.228. The van der Waals surface area contributed by atoms with Gasteiger partial charge in [0.05, 0.1) is 0 Å². The highest BCUT2D eigenvalue weighted by atomic mass is 16.2. The first-order valence-electron chi connectivity index (χ1n) is 9.84. The zero-order chi connectivity index (χ0) is 20.1. The SMILES string of the molecule is C/C=C(/CC)CC(CC)C(=O)NC(=N)NC(=O)C(CC)C/C(=C/C)CC. The van der Waals surface area contributed by atoms with Crippen molar-refractivity contribution in [3.05, 3.63) is 23.3 Å². The molecule has 0 aromatic rings. The van der Waals surface area contributed by atoms with Crippen molar-refractivity contribution in [3.63, 3.8) is 0 Å². The van der Waals surface area contributed by atoms with Crippen LogP contribution in [-0.4, -0.2) is 17.8 Å². The standard InChI is InChI=1S/C21H37N3O2/c1-7-15(8-2)13-17(11-5)19(25)23-21(22)24-20(26)18(12-6)14-16(9-3)10-4/h7,9,17-18H,8,10-14H2,1-6H3,(H3,22,23,24,25,26)/b15-7-,16-9+. The number of amides is 2. The third kappa shape index (κ3) is 8.45. The molecule has 0 aromatic heterocycles. The predicted molar refractivity (Wildman–Crippen MR) is 109 cm³/mol. The number of hydrogen-bond donors (Lipinski definition) is 3. The van der Waals surface area contributed by atoms with Gasteiger partial charge in [-0.1, -0.05) is 51.0 Å². The molecule has 0 spiro atoms. The second-order valence-corrected chi connectivity index (χ2v) is 6.57. The first kappa shape index (κ1) is 24.1. The summed E-state index contributed by atoms with van der Waals surface area (Å²) in [6.07, 6.45) is 8.69. The monoisotopic (exact) mass is 363 g/mol. The Hall–Kier alpha value is -1.91. The summed E-state index contributed by atoms with van der Waals surface area (Å²) in [5.41, 5.74) is 2.46. The number of guanidine groups is 1. The van der Waals surface area contributed by atoms with Gasteiger partial charge in [-0.05, 0) is 52.4 Å². The van der Waals surface area contributed by atoms with Gasteiger partial charge >= 0.3 is 0 Å². The van der Waals surface area contributed by atoms with Crippen molar-refractivity contribution in [3.8, 4) is 0 Å². The normalized spacial score (nSPS) is 14.5. The van der Waals surface area contributed by atoms with Gasteiger partial charge in [-0.25, -0.2) is 0 Å². The Morgan fingerprint density at radius 3 is 1.38 bits per heavy atom. The van der Waals surface area contributed by atoms with Crippen LogP contribution in [0.3, 0.4) is 0 Å². The summed E-state index contributed by atoms with van der Waals surface area (Å²) in [4.78, 5) is 24.8. The zero-order valence-electron chi connectivity index (χ0n) is 17.4. The van der Waals surface area contributed by atoms with Gasteiger partial charge in [-0.3, -0.25) is 25.6 Å². The van der Waals surface area contributed by atoms with Gasteiger partial charge in [0.15, 0.2) is 0 Å². The van der Waals surface area contributed by atoms with Gasteiger partial charge in [0, 0.05) is 11.8 Å². The van der Waals surface area contributed by atoms with E-state index in [1.54, 1.807) is 0 Å². The van der Waals surface area contributed by atoms with Crippen LogP contribution in [0.15, 0.2) is 23.3 Å². The molecule has 0 aromatic carbocycles. The van der Waals surface area contributed by atoms with E-state index in [1.807, 2.05) is 39.8 Å². The van der Waals surface area contributed by atoms with Crippen molar-refractivity contribution in [2.45, 2.75) is 80.1 Å². The quantitative estimate of drug-likeness (QED) is 0.299. The summed E-state index contributed by atoms with van der Waals surface area (Å²) in [7, 11) is 0. The number of nitrogens with one attached hydrogen (secondary N) is 3. The number of rotatable bonds is 10. The summed E-state index contributed by atoms with van der Waals surface area (Å²) < 4.78 is 0. The van der Waals surface area contributed by atoms with Crippen molar-refractivity contribution < 1.29 is 9.59 Å². The lowest BCUT2D eigenvalue weighted by Gasteiger charge is -2.19. The molecule has 0 heterocycles.